The van der Waals surface area contributed by atoms with Gasteiger partial charge in [0.1, 0.15) is 0 Å². The molecular formula is C8H16O2. The summed E-state index contributed by atoms with van der Waals surface area (Å²) in [6.45, 7) is 3.24. The first-order chi connectivity index (χ1) is 4.86. The molecule has 0 aliphatic carbocycles. The molecule has 1 aliphatic rings. The van der Waals surface area contributed by atoms with Crippen molar-refractivity contribution < 1.29 is 9.84 Å². The van der Waals surface area contributed by atoms with Gasteiger partial charge in [-0.15, -0.1) is 0 Å². The highest BCUT2D eigenvalue weighted by Gasteiger charge is 2.23. The lowest BCUT2D eigenvalue weighted by atomic mass is 10.0. The first kappa shape index (κ1) is 8.02. The topological polar surface area (TPSA) is 29.5 Å². The van der Waals surface area contributed by atoms with Gasteiger partial charge >= 0.3 is 0 Å². The van der Waals surface area contributed by atoms with Crippen LogP contribution in [0.15, 0.2) is 0 Å². The highest BCUT2D eigenvalue weighted by molar-refractivity contribution is 4.71. The van der Waals surface area contributed by atoms with Gasteiger partial charge in [0.25, 0.3) is 0 Å². The maximum absolute atomic E-state index is 8.73. The molecule has 0 saturated carbocycles. The molecular weight excluding hydrogens is 128 g/mol. The quantitative estimate of drug-likeness (QED) is 0.644. The van der Waals surface area contributed by atoms with Gasteiger partial charge in [-0.05, 0) is 18.8 Å². The third kappa shape index (κ3) is 1.96. The van der Waals surface area contributed by atoms with Crippen LogP contribution in [0.25, 0.3) is 0 Å². The van der Waals surface area contributed by atoms with Crippen LogP contribution in [0.2, 0.25) is 0 Å². The molecule has 1 saturated heterocycles. The number of ether oxygens (including phenoxy) is 1. The first-order valence-electron chi connectivity index (χ1n) is 4.09. The van der Waals surface area contributed by atoms with Crippen LogP contribution < -0.4 is 0 Å². The second-order valence-electron chi connectivity index (χ2n) is 3.03. The number of hydrogen-bond acceptors (Lipinski definition) is 2. The summed E-state index contributed by atoms with van der Waals surface area (Å²) in [6.07, 6.45) is 3.67. The Morgan fingerprint density at radius 2 is 2.40 bits per heavy atom. The molecule has 60 valence electrons. The zero-order valence-corrected chi connectivity index (χ0v) is 6.55. The Kier molecular flexibility index (Phi) is 3.16. The van der Waals surface area contributed by atoms with Crippen LogP contribution >= 0.6 is 0 Å². The molecule has 0 spiro atoms. The summed E-state index contributed by atoms with van der Waals surface area (Å²) in [4.78, 5) is 0. The Balaban J connectivity index is 2.15. The molecule has 0 amide bonds. The van der Waals surface area contributed by atoms with Crippen molar-refractivity contribution in [2.45, 2.75) is 32.3 Å². The molecule has 10 heavy (non-hydrogen) atoms. The predicted molar refractivity (Wildman–Crippen MR) is 39.8 cm³/mol. The fourth-order valence-electron chi connectivity index (χ4n) is 1.52. The summed E-state index contributed by atoms with van der Waals surface area (Å²) in [6, 6.07) is 0. The van der Waals surface area contributed by atoms with Gasteiger partial charge in [-0.1, -0.05) is 13.3 Å². The highest BCUT2D eigenvalue weighted by atomic mass is 16.5. The smallest absolute Gasteiger partial charge is 0.0809 e. The van der Waals surface area contributed by atoms with Gasteiger partial charge in [-0.3, -0.25) is 0 Å². The molecule has 2 nitrogen and oxygen atoms in total. The minimum Gasteiger partial charge on any atom is -0.394 e. The van der Waals surface area contributed by atoms with E-state index in [0.29, 0.717) is 5.92 Å². The minimum atomic E-state index is 0.136. The Bertz CT molecular complexity index is 93.3. The Morgan fingerprint density at radius 3 is 2.90 bits per heavy atom. The molecule has 1 N–H and O–H groups in total. The molecule has 0 radical (unpaired) electrons. The van der Waals surface area contributed by atoms with E-state index in [4.69, 9.17) is 9.84 Å². The van der Waals surface area contributed by atoms with Crippen molar-refractivity contribution in [1.29, 1.82) is 0 Å². The summed E-state index contributed by atoms with van der Waals surface area (Å²) in [7, 11) is 0. The molecule has 0 bridgehead atoms. The Morgan fingerprint density at radius 1 is 1.60 bits per heavy atom. The third-order valence-electron chi connectivity index (χ3n) is 2.06. The van der Waals surface area contributed by atoms with E-state index in [9.17, 15) is 0 Å². The standard InChI is InChI=1S/C8H16O2/c1-2-3-7-4-8(5-9)10-6-7/h7-9H,2-6H2,1H3. The maximum Gasteiger partial charge on any atom is 0.0809 e. The molecule has 2 atom stereocenters. The molecule has 1 rings (SSSR count). The third-order valence-corrected chi connectivity index (χ3v) is 2.06. The molecule has 1 aliphatic heterocycles. The van der Waals surface area contributed by atoms with Crippen LogP contribution in [0, 0.1) is 5.92 Å². The van der Waals surface area contributed by atoms with Gasteiger partial charge in [0.2, 0.25) is 0 Å². The summed E-state index contributed by atoms with van der Waals surface area (Å²) >= 11 is 0. The predicted octanol–water partition coefficient (Wildman–Crippen LogP) is 1.18. The fourth-order valence-corrected chi connectivity index (χ4v) is 1.52. The van der Waals surface area contributed by atoms with Crippen molar-refractivity contribution in [3.05, 3.63) is 0 Å². The van der Waals surface area contributed by atoms with E-state index in [-0.39, 0.29) is 12.7 Å². The number of hydrogen-bond donors (Lipinski definition) is 1. The number of rotatable bonds is 3. The lowest BCUT2D eigenvalue weighted by Crippen LogP contribution is -2.09. The van der Waals surface area contributed by atoms with Crippen molar-refractivity contribution in [2.75, 3.05) is 13.2 Å². The number of aliphatic hydroxyl groups is 1. The zero-order valence-electron chi connectivity index (χ0n) is 6.55. The summed E-state index contributed by atoms with van der Waals surface area (Å²) in [5.41, 5.74) is 0. The van der Waals surface area contributed by atoms with Gasteiger partial charge in [0, 0.05) is 6.61 Å². The van der Waals surface area contributed by atoms with Gasteiger partial charge in [0.15, 0.2) is 0 Å². The van der Waals surface area contributed by atoms with Crippen LogP contribution in [0.3, 0.4) is 0 Å². The van der Waals surface area contributed by atoms with E-state index in [2.05, 4.69) is 6.92 Å². The van der Waals surface area contributed by atoms with Crippen LogP contribution in [-0.4, -0.2) is 24.4 Å². The lowest BCUT2D eigenvalue weighted by Gasteiger charge is -2.03. The van der Waals surface area contributed by atoms with E-state index in [1.165, 1.54) is 12.8 Å². The summed E-state index contributed by atoms with van der Waals surface area (Å²) in [5, 5.41) is 8.73. The maximum atomic E-state index is 8.73. The lowest BCUT2D eigenvalue weighted by molar-refractivity contribution is 0.0571. The first-order valence-corrected chi connectivity index (χ1v) is 4.09. The van der Waals surface area contributed by atoms with Gasteiger partial charge < -0.3 is 9.84 Å². The zero-order chi connectivity index (χ0) is 7.40. The van der Waals surface area contributed by atoms with Crippen LogP contribution in [0.1, 0.15) is 26.2 Å². The molecule has 0 aromatic carbocycles. The largest absolute Gasteiger partial charge is 0.394 e. The van der Waals surface area contributed by atoms with E-state index in [0.717, 1.165) is 13.0 Å². The van der Waals surface area contributed by atoms with E-state index in [1.54, 1.807) is 0 Å². The van der Waals surface area contributed by atoms with Crippen LogP contribution in [-0.2, 0) is 4.74 Å². The van der Waals surface area contributed by atoms with Crippen molar-refractivity contribution in [3.63, 3.8) is 0 Å². The number of aliphatic hydroxyl groups excluding tert-OH is 1. The van der Waals surface area contributed by atoms with Crippen molar-refractivity contribution in [3.8, 4) is 0 Å². The minimum absolute atomic E-state index is 0.136. The second-order valence-corrected chi connectivity index (χ2v) is 3.03. The Hall–Kier alpha value is -0.0800. The monoisotopic (exact) mass is 144 g/mol. The average Bonchev–Trinajstić information content (AvgIpc) is 2.37. The van der Waals surface area contributed by atoms with Crippen molar-refractivity contribution in [1.82, 2.24) is 0 Å². The van der Waals surface area contributed by atoms with Gasteiger partial charge in [-0.2, -0.15) is 0 Å². The normalized spacial score (nSPS) is 33.0. The fraction of sp³-hybridized carbons (Fsp3) is 1.00. The van der Waals surface area contributed by atoms with Gasteiger partial charge in [0.05, 0.1) is 12.7 Å². The second kappa shape index (κ2) is 3.94. The molecule has 0 aromatic rings. The van der Waals surface area contributed by atoms with E-state index >= 15 is 0 Å². The van der Waals surface area contributed by atoms with Crippen molar-refractivity contribution >= 4 is 0 Å². The average molecular weight is 144 g/mol. The molecule has 2 unspecified atom stereocenters. The van der Waals surface area contributed by atoms with Crippen LogP contribution in [0.4, 0.5) is 0 Å². The summed E-state index contributed by atoms with van der Waals surface area (Å²) in [5.74, 6) is 0.710. The molecule has 1 fully saturated rings. The van der Waals surface area contributed by atoms with Gasteiger partial charge in [-0.25, -0.2) is 0 Å². The molecule has 1 heterocycles. The van der Waals surface area contributed by atoms with Crippen molar-refractivity contribution in [2.24, 2.45) is 5.92 Å². The molecule has 0 aromatic heterocycles. The Labute approximate surface area is 62.2 Å². The van der Waals surface area contributed by atoms with E-state index in [1.807, 2.05) is 0 Å². The summed E-state index contributed by atoms with van der Waals surface area (Å²) < 4.78 is 5.32. The highest BCUT2D eigenvalue weighted by Crippen LogP contribution is 2.22. The SMILES string of the molecule is CCCC1COC(CO)C1. The van der Waals surface area contributed by atoms with Crippen LogP contribution in [0.5, 0.6) is 0 Å². The molecule has 2 heteroatoms. The van der Waals surface area contributed by atoms with E-state index < -0.39 is 0 Å².